The van der Waals surface area contributed by atoms with Crippen LogP contribution in [0.4, 0.5) is 0 Å². The number of nitrogens with one attached hydrogen (secondary N) is 1. The molecule has 1 aliphatic rings. The van der Waals surface area contributed by atoms with Gasteiger partial charge in [-0.1, -0.05) is 6.92 Å². The number of carbonyl (C=O) groups excluding carboxylic acids is 1. The van der Waals surface area contributed by atoms with E-state index in [1.165, 1.54) is 0 Å². The van der Waals surface area contributed by atoms with Crippen LogP contribution < -0.4 is 11.1 Å². The third-order valence-electron chi connectivity index (χ3n) is 2.47. The first kappa shape index (κ1) is 10.5. The highest BCUT2D eigenvalue weighted by molar-refractivity contribution is 5.76. The Morgan fingerprint density at radius 1 is 1.77 bits per heavy atom. The van der Waals surface area contributed by atoms with Crippen molar-refractivity contribution in [2.75, 3.05) is 26.2 Å². The number of rotatable bonds is 3. The van der Waals surface area contributed by atoms with Crippen molar-refractivity contribution in [2.45, 2.75) is 19.9 Å². The van der Waals surface area contributed by atoms with E-state index in [0.717, 1.165) is 26.2 Å². The largest absolute Gasteiger partial charge is 0.369 e. The Labute approximate surface area is 79.5 Å². The van der Waals surface area contributed by atoms with E-state index in [9.17, 15) is 4.79 Å². The number of piperazine rings is 1. The van der Waals surface area contributed by atoms with Gasteiger partial charge in [-0.3, -0.25) is 9.69 Å². The molecule has 1 fully saturated rings. The summed E-state index contributed by atoms with van der Waals surface area (Å²) in [5.41, 5.74) is 5.21. The predicted octanol–water partition coefficient (Wildman–Crippen LogP) is -0.598. The Balaban J connectivity index is 2.31. The molecule has 1 heterocycles. The van der Waals surface area contributed by atoms with Crippen LogP contribution in [0.2, 0.25) is 0 Å². The van der Waals surface area contributed by atoms with Gasteiger partial charge in [-0.05, 0) is 6.92 Å². The van der Waals surface area contributed by atoms with Crippen molar-refractivity contribution in [3.63, 3.8) is 0 Å². The molecule has 3 N–H and O–H groups in total. The van der Waals surface area contributed by atoms with Crippen molar-refractivity contribution >= 4 is 5.91 Å². The number of hydrogen-bond donors (Lipinski definition) is 2. The van der Waals surface area contributed by atoms with Crippen LogP contribution >= 0.6 is 0 Å². The van der Waals surface area contributed by atoms with Crippen molar-refractivity contribution < 1.29 is 4.79 Å². The standard InChI is InChI=1S/C9H19N3O/c1-7(9(10)13)5-12-4-3-11-8(2)6-12/h7-8,11H,3-6H2,1-2H3,(H2,10,13)/t7?,8-/m1/s1. The highest BCUT2D eigenvalue weighted by Crippen LogP contribution is 2.03. The van der Waals surface area contributed by atoms with Crippen LogP contribution in [0.25, 0.3) is 0 Å². The molecule has 0 spiro atoms. The first-order valence-corrected chi connectivity index (χ1v) is 4.84. The highest BCUT2D eigenvalue weighted by Gasteiger charge is 2.19. The van der Waals surface area contributed by atoms with E-state index in [-0.39, 0.29) is 11.8 Å². The molecule has 1 unspecified atom stereocenters. The van der Waals surface area contributed by atoms with Gasteiger partial charge in [0.05, 0.1) is 0 Å². The molecule has 0 saturated carbocycles. The average molecular weight is 185 g/mol. The predicted molar refractivity (Wildman–Crippen MR) is 52.3 cm³/mol. The second-order valence-corrected chi connectivity index (χ2v) is 3.92. The van der Waals surface area contributed by atoms with Crippen LogP contribution in [-0.4, -0.2) is 43.0 Å². The quantitative estimate of drug-likeness (QED) is 0.617. The number of hydrogen-bond acceptors (Lipinski definition) is 3. The Morgan fingerprint density at radius 2 is 2.46 bits per heavy atom. The molecule has 1 amide bonds. The van der Waals surface area contributed by atoms with Crippen LogP contribution in [-0.2, 0) is 4.79 Å². The zero-order chi connectivity index (χ0) is 9.84. The minimum Gasteiger partial charge on any atom is -0.369 e. The lowest BCUT2D eigenvalue weighted by Gasteiger charge is -2.32. The number of nitrogens with two attached hydrogens (primary N) is 1. The SMILES string of the molecule is CC(CN1CCN[C@H](C)C1)C(N)=O. The van der Waals surface area contributed by atoms with Gasteiger partial charge in [-0.2, -0.15) is 0 Å². The summed E-state index contributed by atoms with van der Waals surface area (Å²) in [6, 6.07) is 0.522. The van der Waals surface area contributed by atoms with E-state index in [1.807, 2.05) is 6.92 Å². The second-order valence-electron chi connectivity index (χ2n) is 3.92. The summed E-state index contributed by atoms with van der Waals surface area (Å²) in [5, 5.41) is 3.36. The normalized spacial score (nSPS) is 27.1. The Bertz CT molecular complexity index is 184. The van der Waals surface area contributed by atoms with Crippen molar-refractivity contribution in [2.24, 2.45) is 11.7 Å². The topological polar surface area (TPSA) is 58.4 Å². The third kappa shape index (κ3) is 3.32. The van der Waals surface area contributed by atoms with E-state index in [1.54, 1.807) is 0 Å². The lowest BCUT2D eigenvalue weighted by atomic mass is 10.1. The molecule has 13 heavy (non-hydrogen) atoms. The molecular formula is C9H19N3O. The summed E-state index contributed by atoms with van der Waals surface area (Å²) in [7, 11) is 0. The summed E-state index contributed by atoms with van der Waals surface area (Å²) in [4.78, 5) is 13.1. The summed E-state index contributed by atoms with van der Waals surface area (Å²) >= 11 is 0. The number of amides is 1. The molecule has 2 atom stereocenters. The molecular weight excluding hydrogens is 166 g/mol. The Morgan fingerprint density at radius 3 is 3.00 bits per heavy atom. The molecule has 76 valence electrons. The fourth-order valence-electron chi connectivity index (χ4n) is 1.66. The summed E-state index contributed by atoms with van der Waals surface area (Å²) in [6.45, 7) is 7.86. The van der Waals surface area contributed by atoms with Gasteiger partial charge in [0.1, 0.15) is 0 Å². The molecule has 0 aromatic rings. The Kier molecular flexibility index (Phi) is 3.69. The molecule has 1 rings (SSSR count). The molecule has 0 aliphatic carbocycles. The van der Waals surface area contributed by atoms with Gasteiger partial charge in [0.2, 0.25) is 5.91 Å². The van der Waals surface area contributed by atoms with Gasteiger partial charge in [-0.15, -0.1) is 0 Å². The molecule has 4 nitrogen and oxygen atoms in total. The molecule has 0 aromatic carbocycles. The van der Waals surface area contributed by atoms with Gasteiger partial charge in [-0.25, -0.2) is 0 Å². The molecule has 4 heteroatoms. The van der Waals surface area contributed by atoms with Gasteiger partial charge < -0.3 is 11.1 Å². The monoisotopic (exact) mass is 185 g/mol. The lowest BCUT2D eigenvalue weighted by Crippen LogP contribution is -2.51. The van der Waals surface area contributed by atoms with Crippen LogP contribution in [0.5, 0.6) is 0 Å². The van der Waals surface area contributed by atoms with Crippen LogP contribution in [0.1, 0.15) is 13.8 Å². The van der Waals surface area contributed by atoms with Crippen molar-refractivity contribution in [1.29, 1.82) is 0 Å². The summed E-state index contributed by atoms with van der Waals surface area (Å²) < 4.78 is 0. The number of carbonyl (C=O) groups is 1. The van der Waals surface area contributed by atoms with E-state index < -0.39 is 0 Å². The van der Waals surface area contributed by atoms with E-state index in [0.29, 0.717) is 6.04 Å². The zero-order valence-electron chi connectivity index (χ0n) is 8.42. The second kappa shape index (κ2) is 4.58. The minimum absolute atomic E-state index is 0.0368. The van der Waals surface area contributed by atoms with Crippen molar-refractivity contribution in [3.8, 4) is 0 Å². The number of primary amides is 1. The van der Waals surface area contributed by atoms with Gasteiger partial charge in [0.25, 0.3) is 0 Å². The summed E-state index contributed by atoms with van der Waals surface area (Å²) in [6.07, 6.45) is 0. The minimum atomic E-state index is -0.203. The maximum absolute atomic E-state index is 10.8. The van der Waals surface area contributed by atoms with Crippen LogP contribution in [0.15, 0.2) is 0 Å². The highest BCUT2D eigenvalue weighted by atomic mass is 16.1. The lowest BCUT2D eigenvalue weighted by molar-refractivity contribution is -0.121. The molecule has 1 saturated heterocycles. The van der Waals surface area contributed by atoms with E-state index in [2.05, 4.69) is 17.1 Å². The third-order valence-corrected chi connectivity index (χ3v) is 2.47. The fraction of sp³-hybridized carbons (Fsp3) is 0.889. The molecule has 0 bridgehead atoms. The molecule has 0 aromatic heterocycles. The Hall–Kier alpha value is -0.610. The van der Waals surface area contributed by atoms with Crippen molar-refractivity contribution in [1.82, 2.24) is 10.2 Å². The summed E-state index contributed by atoms with van der Waals surface area (Å²) in [5.74, 6) is -0.239. The first-order valence-electron chi connectivity index (χ1n) is 4.84. The maximum Gasteiger partial charge on any atom is 0.221 e. The van der Waals surface area contributed by atoms with Gasteiger partial charge >= 0.3 is 0 Å². The maximum atomic E-state index is 10.8. The van der Waals surface area contributed by atoms with Gasteiger partial charge in [0.15, 0.2) is 0 Å². The molecule has 0 radical (unpaired) electrons. The molecule has 1 aliphatic heterocycles. The smallest absolute Gasteiger partial charge is 0.221 e. The average Bonchev–Trinajstić information content (AvgIpc) is 2.04. The first-order chi connectivity index (χ1) is 6.09. The van der Waals surface area contributed by atoms with E-state index >= 15 is 0 Å². The van der Waals surface area contributed by atoms with Crippen LogP contribution in [0, 0.1) is 5.92 Å². The number of nitrogens with zero attached hydrogens (tertiary/aromatic N) is 1. The van der Waals surface area contributed by atoms with E-state index in [4.69, 9.17) is 5.73 Å². The zero-order valence-corrected chi connectivity index (χ0v) is 8.42. The van der Waals surface area contributed by atoms with Gasteiger partial charge in [0, 0.05) is 38.1 Å². The van der Waals surface area contributed by atoms with Crippen LogP contribution in [0.3, 0.4) is 0 Å². The van der Waals surface area contributed by atoms with Crippen molar-refractivity contribution in [3.05, 3.63) is 0 Å². The fourth-order valence-corrected chi connectivity index (χ4v) is 1.66.